The Labute approximate surface area is 81.7 Å². The number of hydrogen-bond acceptors (Lipinski definition) is 3. The minimum atomic E-state index is -0.503. The monoisotopic (exact) mass is 199 g/mol. The Morgan fingerprint density at radius 1 is 1.54 bits per heavy atom. The Hall–Kier alpha value is -1.09. The Balaban J connectivity index is 3.28. The molecule has 0 bridgehead atoms. The molecule has 0 aliphatic rings. The van der Waals surface area contributed by atoms with Crippen LogP contribution in [0, 0.1) is 13.8 Å². The quantitative estimate of drug-likeness (QED) is 0.651. The molecule has 0 amide bonds. The molecule has 1 aromatic rings. The summed E-state index contributed by atoms with van der Waals surface area (Å²) < 4.78 is 4.54. The highest BCUT2D eigenvalue weighted by Gasteiger charge is 2.14. The number of hydrogen-bond donors (Lipinski definition) is 0. The molecule has 13 heavy (non-hydrogen) atoms. The van der Waals surface area contributed by atoms with Gasteiger partial charge in [0.25, 0.3) is 0 Å². The van der Waals surface area contributed by atoms with Crippen LogP contribution in [0.5, 0.6) is 0 Å². The Morgan fingerprint density at radius 3 is 2.69 bits per heavy atom. The Kier molecular flexibility index (Phi) is 2.88. The minimum absolute atomic E-state index is 0.182. The lowest BCUT2D eigenvalue weighted by Crippen LogP contribution is -2.07. The van der Waals surface area contributed by atoms with E-state index in [4.69, 9.17) is 11.6 Å². The fourth-order valence-electron chi connectivity index (χ4n) is 1.05. The van der Waals surface area contributed by atoms with E-state index in [1.807, 2.05) is 13.0 Å². The van der Waals surface area contributed by atoms with Gasteiger partial charge < -0.3 is 4.74 Å². The maximum Gasteiger partial charge on any atom is 0.358 e. The first kappa shape index (κ1) is 9.99. The summed E-state index contributed by atoms with van der Waals surface area (Å²) in [6.45, 7) is 3.62. The van der Waals surface area contributed by atoms with Gasteiger partial charge in [-0.25, -0.2) is 9.78 Å². The van der Waals surface area contributed by atoms with E-state index < -0.39 is 5.97 Å². The number of aromatic nitrogens is 1. The fourth-order valence-corrected chi connectivity index (χ4v) is 1.23. The van der Waals surface area contributed by atoms with Crippen molar-refractivity contribution in [2.75, 3.05) is 7.11 Å². The Bertz CT molecular complexity index is 350. The van der Waals surface area contributed by atoms with Crippen molar-refractivity contribution in [1.29, 1.82) is 0 Å². The Morgan fingerprint density at radius 2 is 2.15 bits per heavy atom. The molecule has 0 atom stereocenters. The van der Waals surface area contributed by atoms with Crippen molar-refractivity contribution in [1.82, 2.24) is 4.98 Å². The van der Waals surface area contributed by atoms with E-state index in [9.17, 15) is 4.79 Å². The molecule has 0 saturated heterocycles. The number of nitrogens with zero attached hydrogens (tertiary/aromatic N) is 1. The molecule has 0 aliphatic carbocycles. The van der Waals surface area contributed by atoms with Crippen molar-refractivity contribution >= 4 is 17.6 Å². The van der Waals surface area contributed by atoms with Crippen molar-refractivity contribution < 1.29 is 9.53 Å². The number of carbonyl (C=O) groups is 1. The zero-order chi connectivity index (χ0) is 10.0. The summed E-state index contributed by atoms with van der Waals surface area (Å²) in [6.07, 6.45) is 0. The predicted molar refractivity (Wildman–Crippen MR) is 50.1 cm³/mol. The molecule has 0 spiro atoms. The highest BCUT2D eigenvalue weighted by Crippen LogP contribution is 2.20. The standard InChI is InChI=1S/C9H10ClNO2/c1-5-4-6(2)11-8(7(5)10)9(12)13-3/h4H,1-3H3. The van der Waals surface area contributed by atoms with Gasteiger partial charge in [-0.1, -0.05) is 11.6 Å². The lowest BCUT2D eigenvalue weighted by Gasteiger charge is -2.05. The van der Waals surface area contributed by atoms with Gasteiger partial charge in [0.15, 0.2) is 5.69 Å². The average molecular weight is 200 g/mol. The van der Waals surface area contributed by atoms with Gasteiger partial charge in [0.1, 0.15) is 0 Å². The SMILES string of the molecule is COC(=O)c1nc(C)cc(C)c1Cl. The van der Waals surface area contributed by atoms with Crippen LogP contribution in [-0.2, 0) is 4.74 Å². The third-order valence-corrected chi connectivity index (χ3v) is 2.12. The lowest BCUT2D eigenvalue weighted by molar-refractivity contribution is 0.0594. The molecule has 0 aliphatic heterocycles. The number of methoxy groups -OCH3 is 1. The number of pyridine rings is 1. The van der Waals surface area contributed by atoms with E-state index in [2.05, 4.69) is 9.72 Å². The van der Waals surface area contributed by atoms with Gasteiger partial charge in [0, 0.05) is 5.69 Å². The topological polar surface area (TPSA) is 39.2 Å². The molecular weight excluding hydrogens is 190 g/mol. The number of aryl methyl sites for hydroxylation is 2. The minimum Gasteiger partial charge on any atom is -0.464 e. The summed E-state index contributed by atoms with van der Waals surface area (Å²) in [6, 6.07) is 1.81. The molecule has 0 N–H and O–H groups in total. The number of ether oxygens (including phenoxy) is 1. The van der Waals surface area contributed by atoms with Gasteiger partial charge in [0.2, 0.25) is 0 Å². The van der Waals surface area contributed by atoms with Crippen LogP contribution >= 0.6 is 11.6 Å². The van der Waals surface area contributed by atoms with Gasteiger partial charge in [-0.15, -0.1) is 0 Å². The molecule has 1 rings (SSSR count). The van der Waals surface area contributed by atoms with E-state index in [0.717, 1.165) is 11.3 Å². The average Bonchev–Trinajstić information content (AvgIpc) is 2.10. The van der Waals surface area contributed by atoms with Crippen LogP contribution in [0.4, 0.5) is 0 Å². The number of esters is 1. The summed E-state index contributed by atoms with van der Waals surface area (Å²) in [4.78, 5) is 15.2. The van der Waals surface area contributed by atoms with Gasteiger partial charge >= 0.3 is 5.97 Å². The lowest BCUT2D eigenvalue weighted by atomic mass is 10.2. The van der Waals surface area contributed by atoms with Gasteiger partial charge in [-0.3, -0.25) is 0 Å². The van der Waals surface area contributed by atoms with Crippen LogP contribution in [0.1, 0.15) is 21.7 Å². The molecular formula is C9H10ClNO2. The molecule has 1 heterocycles. The molecule has 0 fully saturated rings. The smallest absolute Gasteiger partial charge is 0.358 e. The third-order valence-electron chi connectivity index (χ3n) is 1.65. The predicted octanol–water partition coefficient (Wildman–Crippen LogP) is 2.14. The van der Waals surface area contributed by atoms with Crippen LogP contribution in [0.25, 0.3) is 0 Å². The number of carbonyl (C=O) groups excluding carboxylic acids is 1. The van der Waals surface area contributed by atoms with Crippen molar-refractivity contribution in [3.05, 3.63) is 28.0 Å². The van der Waals surface area contributed by atoms with Crippen LogP contribution in [0.15, 0.2) is 6.07 Å². The van der Waals surface area contributed by atoms with E-state index >= 15 is 0 Å². The fraction of sp³-hybridized carbons (Fsp3) is 0.333. The molecule has 4 heteroatoms. The summed E-state index contributed by atoms with van der Waals surface area (Å²) in [5.41, 5.74) is 1.76. The molecule has 0 radical (unpaired) electrons. The number of halogens is 1. The van der Waals surface area contributed by atoms with E-state index in [0.29, 0.717) is 5.02 Å². The first-order chi connectivity index (χ1) is 6.06. The maximum absolute atomic E-state index is 11.2. The van der Waals surface area contributed by atoms with Crippen LogP contribution in [0.3, 0.4) is 0 Å². The zero-order valence-corrected chi connectivity index (χ0v) is 8.47. The summed E-state index contributed by atoms with van der Waals surface area (Å²) in [5.74, 6) is -0.503. The molecule has 70 valence electrons. The van der Waals surface area contributed by atoms with Crippen LogP contribution < -0.4 is 0 Å². The van der Waals surface area contributed by atoms with Crippen LogP contribution in [-0.4, -0.2) is 18.1 Å². The molecule has 0 aromatic carbocycles. The van der Waals surface area contributed by atoms with Gasteiger partial charge in [-0.2, -0.15) is 0 Å². The van der Waals surface area contributed by atoms with Crippen molar-refractivity contribution in [2.45, 2.75) is 13.8 Å². The normalized spacial score (nSPS) is 9.85. The van der Waals surface area contributed by atoms with E-state index in [-0.39, 0.29) is 5.69 Å². The molecule has 0 saturated carbocycles. The second kappa shape index (κ2) is 3.75. The molecule has 1 aromatic heterocycles. The second-order valence-electron chi connectivity index (χ2n) is 2.73. The van der Waals surface area contributed by atoms with Crippen molar-refractivity contribution in [3.8, 4) is 0 Å². The highest BCUT2D eigenvalue weighted by molar-refractivity contribution is 6.34. The number of rotatable bonds is 1. The van der Waals surface area contributed by atoms with E-state index in [1.54, 1.807) is 6.92 Å². The molecule has 0 unspecified atom stereocenters. The van der Waals surface area contributed by atoms with Crippen molar-refractivity contribution in [3.63, 3.8) is 0 Å². The highest BCUT2D eigenvalue weighted by atomic mass is 35.5. The largest absolute Gasteiger partial charge is 0.464 e. The van der Waals surface area contributed by atoms with Crippen molar-refractivity contribution in [2.24, 2.45) is 0 Å². The van der Waals surface area contributed by atoms with E-state index in [1.165, 1.54) is 7.11 Å². The summed E-state index contributed by atoms with van der Waals surface area (Å²) in [7, 11) is 1.30. The van der Waals surface area contributed by atoms with Gasteiger partial charge in [0.05, 0.1) is 12.1 Å². The first-order valence-electron chi connectivity index (χ1n) is 3.78. The first-order valence-corrected chi connectivity index (χ1v) is 4.16. The summed E-state index contributed by atoms with van der Waals surface area (Å²) >= 11 is 5.88. The second-order valence-corrected chi connectivity index (χ2v) is 3.11. The van der Waals surface area contributed by atoms with Crippen LogP contribution in [0.2, 0.25) is 5.02 Å². The maximum atomic E-state index is 11.2. The van der Waals surface area contributed by atoms with Gasteiger partial charge in [-0.05, 0) is 25.5 Å². The third kappa shape index (κ3) is 1.98. The zero-order valence-electron chi connectivity index (χ0n) is 7.72. The summed E-state index contributed by atoms with van der Waals surface area (Å²) in [5, 5.41) is 0.359. The molecule has 3 nitrogen and oxygen atoms in total.